The number of hydrogen-bond donors (Lipinski definition) is 1. The molecule has 4 heteroatoms. The molecule has 1 aromatic heterocycles. The largest absolute Gasteiger partial charge is 0.493 e. The summed E-state index contributed by atoms with van der Waals surface area (Å²) in [6, 6.07) is 12.0. The molecule has 0 unspecified atom stereocenters. The van der Waals surface area contributed by atoms with Crippen molar-refractivity contribution >= 4 is 17.1 Å². The van der Waals surface area contributed by atoms with Crippen LogP contribution >= 0.6 is 0 Å². The lowest BCUT2D eigenvalue weighted by atomic mass is 10.0. The van der Waals surface area contributed by atoms with E-state index in [1.165, 1.54) is 6.20 Å². The van der Waals surface area contributed by atoms with Crippen molar-refractivity contribution < 1.29 is 9.53 Å². The fourth-order valence-electron chi connectivity index (χ4n) is 2.29. The van der Waals surface area contributed by atoms with Gasteiger partial charge in [0.25, 0.3) is 0 Å². The third kappa shape index (κ3) is 2.05. The first kappa shape index (κ1) is 12.4. The average Bonchev–Trinajstić information content (AvgIpc) is 2.96. The summed E-state index contributed by atoms with van der Waals surface area (Å²) >= 11 is 0. The molecule has 20 heavy (non-hydrogen) atoms. The summed E-state index contributed by atoms with van der Waals surface area (Å²) in [6.45, 7) is 2.52. The van der Waals surface area contributed by atoms with Gasteiger partial charge < -0.3 is 9.72 Å². The highest BCUT2D eigenvalue weighted by Crippen LogP contribution is 2.35. The highest BCUT2D eigenvalue weighted by molar-refractivity contribution is 5.98. The van der Waals surface area contributed by atoms with Crippen LogP contribution < -0.4 is 4.74 Å². The van der Waals surface area contributed by atoms with Gasteiger partial charge in [-0.3, -0.25) is 4.79 Å². The van der Waals surface area contributed by atoms with Gasteiger partial charge >= 0.3 is 0 Å². The highest BCUT2D eigenvalue weighted by Gasteiger charge is 2.13. The first-order valence-electron chi connectivity index (χ1n) is 6.48. The summed E-state index contributed by atoms with van der Waals surface area (Å²) in [5.41, 5.74) is 1.34. The predicted molar refractivity (Wildman–Crippen MR) is 78.1 cm³/mol. The number of aldehydes is 1. The van der Waals surface area contributed by atoms with Crippen molar-refractivity contribution in [3.63, 3.8) is 0 Å². The number of ether oxygens (including phenoxy) is 1. The Labute approximate surface area is 116 Å². The molecule has 2 aromatic carbocycles. The molecule has 4 nitrogen and oxygen atoms in total. The van der Waals surface area contributed by atoms with E-state index in [2.05, 4.69) is 9.97 Å². The van der Waals surface area contributed by atoms with Crippen LogP contribution in [0.2, 0.25) is 0 Å². The van der Waals surface area contributed by atoms with Crippen LogP contribution in [0.1, 0.15) is 17.4 Å². The second kappa shape index (κ2) is 5.17. The van der Waals surface area contributed by atoms with E-state index in [4.69, 9.17) is 4.74 Å². The number of nitrogens with zero attached hydrogens (tertiary/aromatic N) is 1. The topological polar surface area (TPSA) is 55.0 Å². The number of carbonyl (C=O) groups is 1. The lowest BCUT2D eigenvalue weighted by Gasteiger charge is -2.11. The van der Waals surface area contributed by atoms with E-state index in [1.807, 2.05) is 43.3 Å². The van der Waals surface area contributed by atoms with Gasteiger partial charge in [-0.2, -0.15) is 0 Å². The first-order chi connectivity index (χ1) is 9.83. The van der Waals surface area contributed by atoms with Crippen molar-refractivity contribution in [1.29, 1.82) is 0 Å². The molecule has 0 aliphatic rings. The fourth-order valence-corrected chi connectivity index (χ4v) is 2.29. The molecule has 0 saturated heterocycles. The van der Waals surface area contributed by atoms with Crippen molar-refractivity contribution in [1.82, 2.24) is 9.97 Å². The zero-order valence-corrected chi connectivity index (χ0v) is 11.1. The van der Waals surface area contributed by atoms with Gasteiger partial charge in [0.05, 0.1) is 24.1 Å². The minimum Gasteiger partial charge on any atom is -0.493 e. The summed E-state index contributed by atoms with van der Waals surface area (Å²) in [4.78, 5) is 18.1. The van der Waals surface area contributed by atoms with Crippen molar-refractivity contribution in [3.05, 3.63) is 48.3 Å². The van der Waals surface area contributed by atoms with Crippen LogP contribution in [0.4, 0.5) is 0 Å². The van der Waals surface area contributed by atoms with E-state index in [9.17, 15) is 4.79 Å². The van der Waals surface area contributed by atoms with E-state index in [-0.39, 0.29) is 0 Å². The van der Waals surface area contributed by atoms with Crippen LogP contribution in [-0.2, 0) is 0 Å². The summed E-state index contributed by atoms with van der Waals surface area (Å²) in [6.07, 6.45) is 2.28. The Hall–Kier alpha value is -2.62. The quantitative estimate of drug-likeness (QED) is 0.736. The molecule has 0 radical (unpaired) electrons. The SMILES string of the molecule is CCOc1ccc2ccccc2c1-c1ncc(C=O)[nH]1. The molecule has 0 saturated carbocycles. The third-order valence-corrected chi connectivity index (χ3v) is 3.15. The molecule has 3 aromatic rings. The third-order valence-electron chi connectivity index (χ3n) is 3.15. The molecule has 3 rings (SSSR count). The van der Waals surface area contributed by atoms with Crippen LogP contribution in [-0.4, -0.2) is 22.9 Å². The Bertz CT molecular complexity index is 762. The van der Waals surface area contributed by atoms with Gasteiger partial charge in [0.2, 0.25) is 0 Å². The number of nitrogens with one attached hydrogen (secondary N) is 1. The van der Waals surface area contributed by atoms with Gasteiger partial charge in [-0.1, -0.05) is 30.3 Å². The number of carbonyl (C=O) groups excluding carboxylic acids is 1. The molecule has 0 aliphatic carbocycles. The van der Waals surface area contributed by atoms with Crippen LogP contribution in [0.25, 0.3) is 22.2 Å². The monoisotopic (exact) mass is 266 g/mol. The normalized spacial score (nSPS) is 10.7. The number of rotatable bonds is 4. The lowest BCUT2D eigenvalue weighted by Crippen LogP contribution is -1.96. The molecule has 1 heterocycles. The number of imidazole rings is 1. The molecule has 0 bridgehead atoms. The number of benzene rings is 2. The van der Waals surface area contributed by atoms with Crippen molar-refractivity contribution in [2.45, 2.75) is 6.92 Å². The van der Waals surface area contributed by atoms with Crippen LogP contribution in [0.5, 0.6) is 5.75 Å². The minimum atomic E-state index is 0.454. The molecular formula is C16H14N2O2. The summed E-state index contributed by atoms with van der Waals surface area (Å²) in [7, 11) is 0. The standard InChI is InChI=1S/C16H14N2O2/c1-2-20-14-8-7-11-5-3-4-6-13(11)15(14)16-17-9-12(10-19)18-16/h3-10H,2H2,1H3,(H,17,18). The van der Waals surface area contributed by atoms with E-state index >= 15 is 0 Å². The van der Waals surface area contributed by atoms with Gasteiger partial charge in [0, 0.05) is 0 Å². The van der Waals surface area contributed by atoms with Crippen LogP contribution in [0, 0.1) is 0 Å². The Kier molecular flexibility index (Phi) is 3.21. The average molecular weight is 266 g/mol. The molecule has 0 atom stereocenters. The van der Waals surface area contributed by atoms with Crippen LogP contribution in [0.3, 0.4) is 0 Å². The zero-order valence-electron chi connectivity index (χ0n) is 11.1. The molecule has 100 valence electrons. The number of aromatic nitrogens is 2. The Morgan fingerprint density at radius 3 is 2.85 bits per heavy atom. The number of H-pyrrole nitrogens is 1. The van der Waals surface area contributed by atoms with Crippen molar-refractivity contribution in [2.75, 3.05) is 6.61 Å². The summed E-state index contributed by atoms with van der Waals surface area (Å²) < 4.78 is 5.69. The Morgan fingerprint density at radius 1 is 1.25 bits per heavy atom. The first-order valence-corrected chi connectivity index (χ1v) is 6.48. The molecule has 0 spiro atoms. The summed E-state index contributed by atoms with van der Waals surface area (Å²) in [5, 5.41) is 2.15. The van der Waals surface area contributed by atoms with E-state index in [0.29, 0.717) is 18.1 Å². The Balaban J connectivity index is 2.28. The van der Waals surface area contributed by atoms with Gasteiger partial charge in [-0.05, 0) is 23.8 Å². The van der Waals surface area contributed by atoms with E-state index < -0.39 is 0 Å². The number of aromatic amines is 1. The molecule has 1 N–H and O–H groups in total. The van der Waals surface area contributed by atoms with Crippen LogP contribution in [0.15, 0.2) is 42.6 Å². The maximum atomic E-state index is 10.8. The number of fused-ring (bicyclic) bond motifs is 1. The van der Waals surface area contributed by atoms with Gasteiger partial charge in [-0.25, -0.2) is 4.98 Å². The second-order valence-electron chi connectivity index (χ2n) is 4.40. The van der Waals surface area contributed by atoms with Gasteiger partial charge in [0.1, 0.15) is 11.6 Å². The smallest absolute Gasteiger partial charge is 0.167 e. The maximum Gasteiger partial charge on any atom is 0.167 e. The molecular weight excluding hydrogens is 252 g/mol. The minimum absolute atomic E-state index is 0.454. The maximum absolute atomic E-state index is 10.8. The highest BCUT2D eigenvalue weighted by atomic mass is 16.5. The van der Waals surface area contributed by atoms with E-state index in [0.717, 1.165) is 28.4 Å². The van der Waals surface area contributed by atoms with Gasteiger partial charge in [-0.15, -0.1) is 0 Å². The van der Waals surface area contributed by atoms with Crippen molar-refractivity contribution in [3.8, 4) is 17.1 Å². The van der Waals surface area contributed by atoms with Crippen molar-refractivity contribution in [2.24, 2.45) is 0 Å². The molecule has 0 aliphatic heterocycles. The lowest BCUT2D eigenvalue weighted by molar-refractivity contribution is 0.111. The second-order valence-corrected chi connectivity index (χ2v) is 4.40. The summed E-state index contributed by atoms with van der Waals surface area (Å²) in [5.74, 6) is 1.41. The predicted octanol–water partition coefficient (Wildman–Crippen LogP) is 3.44. The van der Waals surface area contributed by atoms with Gasteiger partial charge in [0.15, 0.2) is 6.29 Å². The molecule has 0 fully saturated rings. The number of hydrogen-bond acceptors (Lipinski definition) is 3. The molecule has 0 amide bonds. The fraction of sp³-hybridized carbons (Fsp3) is 0.125. The Morgan fingerprint density at radius 2 is 2.10 bits per heavy atom. The zero-order chi connectivity index (χ0) is 13.9. The van der Waals surface area contributed by atoms with E-state index in [1.54, 1.807) is 0 Å².